The second-order valence-corrected chi connectivity index (χ2v) is 5.96. The van der Waals surface area contributed by atoms with Gasteiger partial charge in [0.2, 0.25) is 0 Å². The van der Waals surface area contributed by atoms with E-state index in [4.69, 9.17) is 0 Å². The molecule has 0 amide bonds. The molecule has 0 saturated heterocycles. The van der Waals surface area contributed by atoms with Crippen LogP contribution >= 0.6 is 0 Å². The van der Waals surface area contributed by atoms with Gasteiger partial charge in [0.05, 0.1) is 17.9 Å². The smallest absolute Gasteiger partial charge is 0.141 e. The molecule has 3 aromatic rings. The van der Waals surface area contributed by atoms with Crippen LogP contribution in [0.4, 0.5) is 0 Å². The van der Waals surface area contributed by atoms with Gasteiger partial charge in [-0.05, 0) is 31.7 Å². The Hall–Kier alpha value is -2.17. The summed E-state index contributed by atoms with van der Waals surface area (Å²) in [5.74, 6) is 0.760. The molecule has 1 N–H and O–H groups in total. The lowest BCUT2D eigenvalue weighted by molar-refractivity contribution is 0.335. The fourth-order valence-corrected chi connectivity index (χ4v) is 3.44. The molecule has 1 aliphatic carbocycles. The zero-order valence-electron chi connectivity index (χ0n) is 12.2. The molecule has 1 unspecified atom stereocenters. The fourth-order valence-electron chi connectivity index (χ4n) is 3.44. The molecule has 21 heavy (non-hydrogen) atoms. The first kappa shape index (κ1) is 12.6. The molecule has 3 aromatic heterocycles. The number of nitrogens with one attached hydrogen (secondary N) is 1. The average Bonchev–Trinajstić information content (AvgIpc) is 3.25. The molecule has 0 aliphatic heterocycles. The fraction of sp³-hybridized carbons (Fsp3) is 0.438. The van der Waals surface area contributed by atoms with Crippen LogP contribution in [0.3, 0.4) is 0 Å². The molecule has 0 aromatic carbocycles. The number of rotatable bonds is 3. The number of hydrogen-bond acceptors (Lipinski definition) is 3. The third-order valence-electron chi connectivity index (χ3n) is 4.73. The van der Waals surface area contributed by atoms with Gasteiger partial charge in [0.1, 0.15) is 12.0 Å². The average molecular weight is 281 g/mol. The molecule has 1 saturated carbocycles. The first-order chi connectivity index (χ1) is 10.3. The second kappa shape index (κ2) is 4.98. The third-order valence-corrected chi connectivity index (χ3v) is 4.73. The topological polar surface area (TPSA) is 59.4 Å². The standard InChI is InChI=1S/C16H19N5/c1-11(12-4-2-3-5-12)21-9-13(8-20-21)15-14-6-7-17-16(14)19-10-18-15/h6-12H,2-5H2,1H3,(H,17,18,19). The van der Waals surface area contributed by atoms with E-state index < -0.39 is 0 Å². The highest BCUT2D eigenvalue weighted by Crippen LogP contribution is 2.34. The van der Waals surface area contributed by atoms with E-state index in [0.29, 0.717) is 6.04 Å². The third kappa shape index (κ3) is 2.13. The largest absolute Gasteiger partial charge is 0.346 e. The van der Waals surface area contributed by atoms with Crippen molar-refractivity contribution in [3.63, 3.8) is 0 Å². The summed E-state index contributed by atoms with van der Waals surface area (Å²) < 4.78 is 2.10. The van der Waals surface area contributed by atoms with Crippen LogP contribution < -0.4 is 0 Å². The summed E-state index contributed by atoms with van der Waals surface area (Å²) in [6.07, 6.45) is 12.9. The van der Waals surface area contributed by atoms with E-state index in [2.05, 4.69) is 37.9 Å². The summed E-state index contributed by atoms with van der Waals surface area (Å²) in [5.41, 5.74) is 2.88. The minimum Gasteiger partial charge on any atom is -0.346 e. The van der Waals surface area contributed by atoms with Gasteiger partial charge in [-0.25, -0.2) is 9.97 Å². The van der Waals surface area contributed by atoms with E-state index in [1.807, 2.05) is 18.5 Å². The van der Waals surface area contributed by atoms with Crippen LogP contribution in [0, 0.1) is 5.92 Å². The van der Waals surface area contributed by atoms with Gasteiger partial charge in [-0.1, -0.05) is 12.8 Å². The molecule has 5 nitrogen and oxygen atoms in total. The van der Waals surface area contributed by atoms with E-state index in [-0.39, 0.29) is 0 Å². The van der Waals surface area contributed by atoms with E-state index in [1.165, 1.54) is 25.7 Å². The maximum Gasteiger partial charge on any atom is 0.141 e. The normalized spacial score (nSPS) is 17.6. The number of nitrogens with zero attached hydrogens (tertiary/aromatic N) is 4. The zero-order chi connectivity index (χ0) is 14.2. The van der Waals surface area contributed by atoms with Gasteiger partial charge in [0.25, 0.3) is 0 Å². The highest BCUT2D eigenvalue weighted by Gasteiger charge is 2.23. The SMILES string of the molecule is CC(C1CCCC1)n1cc(-c2ncnc3[nH]ccc23)cn1. The monoisotopic (exact) mass is 281 g/mol. The quantitative estimate of drug-likeness (QED) is 0.798. The lowest BCUT2D eigenvalue weighted by Crippen LogP contribution is -2.14. The van der Waals surface area contributed by atoms with E-state index in [0.717, 1.165) is 28.2 Å². The molecule has 0 spiro atoms. The molecule has 3 heterocycles. The maximum atomic E-state index is 4.57. The van der Waals surface area contributed by atoms with Crippen LogP contribution in [-0.2, 0) is 0 Å². The minimum atomic E-state index is 0.463. The van der Waals surface area contributed by atoms with Crippen LogP contribution in [0.2, 0.25) is 0 Å². The van der Waals surface area contributed by atoms with Crippen molar-refractivity contribution in [1.82, 2.24) is 24.7 Å². The molecule has 1 fully saturated rings. The Labute approximate surface area is 123 Å². The molecule has 1 aliphatic rings. The molecular weight excluding hydrogens is 262 g/mol. The van der Waals surface area contributed by atoms with Gasteiger partial charge in [-0.2, -0.15) is 5.10 Å². The summed E-state index contributed by atoms with van der Waals surface area (Å²) in [4.78, 5) is 11.8. The number of H-pyrrole nitrogens is 1. The molecule has 0 radical (unpaired) electrons. The first-order valence-corrected chi connectivity index (χ1v) is 7.65. The van der Waals surface area contributed by atoms with Gasteiger partial charge < -0.3 is 4.98 Å². The van der Waals surface area contributed by atoms with Crippen molar-refractivity contribution in [3.05, 3.63) is 31.0 Å². The number of hydrogen-bond donors (Lipinski definition) is 1. The molecule has 1 atom stereocenters. The summed E-state index contributed by atoms with van der Waals surface area (Å²) >= 11 is 0. The zero-order valence-corrected chi connectivity index (χ0v) is 12.2. The van der Waals surface area contributed by atoms with Gasteiger partial charge in [-0.15, -0.1) is 0 Å². The van der Waals surface area contributed by atoms with Crippen LogP contribution in [0.15, 0.2) is 31.0 Å². The Morgan fingerprint density at radius 2 is 2.14 bits per heavy atom. The lowest BCUT2D eigenvalue weighted by Gasteiger charge is -2.19. The number of fused-ring (bicyclic) bond motifs is 1. The predicted octanol–water partition coefficient (Wildman–Crippen LogP) is 3.57. The van der Waals surface area contributed by atoms with Crippen molar-refractivity contribution in [2.75, 3.05) is 0 Å². The van der Waals surface area contributed by atoms with Crippen molar-refractivity contribution in [2.24, 2.45) is 5.92 Å². The second-order valence-electron chi connectivity index (χ2n) is 5.96. The van der Waals surface area contributed by atoms with Gasteiger partial charge in [0.15, 0.2) is 0 Å². The van der Waals surface area contributed by atoms with E-state index in [1.54, 1.807) is 6.33 Å². The molecule has 108 valence electrons. The molecule has 4 rings (SSSR count). The number of aromatic amines is 1. The Morgan fingerprint density at radius 3 is 3.00 bits per heavy atom. The van der Waals surface area contributed by atoms with E-state index in [9.17, 15) is 0 Å². The van der Waals surface area contributed by atoms with E-state index >= 15 is 0 Å². The first-order valence-electron chi connectivity index (χ1n) is 7.65. The van der Waals surface area contributed by atoms with Crippen LogP contribution in [0.5, 0.6) is 0 Å². The summed E-state index contributed by atoms with van der Waals surface area (Å²) in [7, 11) is 0. The highest BCUT2D eigenvalue weighted by atomic mass is 15.3. The van der Waals surface area contributed by atoms with Crippen molar-refractivity contribution in [3.8, 4) is 11.3 Å². The Balaban J connectivity index is 1.69. The van der Waals surface area contributed by atoms with Crippen molar-refractivity contribution < 1.29 is 0 Å². The van der Waals surface area contributed by atoms with Crippen LogP contribution in [0.25, 0.3) is 22.3 Å². The summed E-state index contributed by atoms with van der Waals surface area (Å²) in [6, 6.07) is 2.48. The Bertz CT molecular complexity index is 751. The molecular formula is C16H19N5. The summed E-state index contributed by atoms with van der Waals surface area (Å²) in [6.45, 7) is 2.28. The Morgan fingerprint density at radius 1 is 1.29 bits per heavy atom. The number of aromatic nitrogens is 5. The summed E-state index contributed by atoms with van der Waals surface area (Å²) in [5, 5.41) is 5.62. The highest BCUT2D eigenvalue weighted by molar-refractivity contribution is 5.89. The lowest BCUT2D eigenvalue weighted by atomic mass is 10.0. The van der Waals surface area contributed by atoms with Crippen LogP contribution in [0.1, 0.15) is 38.6 Å². The van der Waals surface area contributed by atoms with Gasteiger partial charge >= 0.3 is 0 Å². The molecule has 5 heteroatoms. The maximum absolute atomic E-state index is 4.57. The van der Waals surface area contributed by atoms with Crippen molar-refractivity contribution >= 4 is 11.0 Å². The Kier molecular flexibility index (Phi) is 2.98. The minimum absolute atomic E-state index is 0.463. The van der Waals surface area contributed by atoms with Crippen LogP contribution in [-0.4, -0.2) is 24.7 Å². The predicted molar refractivity (Wildman–Crippen MR) is 81.8 cm³/mol. The van der Waals surface area contributed by atoms with Gasteiger partial charge in [-0.3, -0.25) is 4.68 Å². The van der Waals surface area contributed by atoms with Crippen molar-refractivity contribution in [1.29, 1.82) is 0 Å². The van der Waals surface area contributed by atoms with Crippen molar-refractivity contribution in [2.45, 2.75) is 38.6 Å². The van der Waals surface area contributed by atoms with Gasteiger partial charge in [0, 0.05) is 23.3 Å². The molecule has 0 bridgehead atoms.